The Bertz CT molecular complexity index is 694. The van der Waals surface area contributed by atoms with Crippen LogP contribution in [0.2, 0.25) is 5.02 Å². The molecule has 0 bridgehead atoms. The number of hydrogen-bond donors (Lipinski definition) is 0. The first-order chi connectivity index (χ1) is 10.2. The average molecular weight is 316 g/mol. The van der Waals surface area contributed by atoms with Gasteiger partial charge >= 0.3 is 0 Å². The Labute approximate surface area is 133 Å². The first kappa shape index (κ1) is 14.4. The molecule has 0 fully saturated rings. The van der Waals surface area contributed by atoms with Gasteiger partial charge in [-0.2, -0.15) is 0 Å². The zero-order valence-corrected chi connectivity index (χ0v) is 13.0. The molecule has 0 aromatic heterocycles. The predicted molar refractivity (Wildman–Crippen MR) is 89.8 cm³/mol. The summed E-state index contributed by atoms with van der Waals surface area (Å²) in [5, 5.41) is 1.61. The van der Waals surface area contributed by atoms with Gasteiger partial charge in [0.15, 0.2) is 5.78 Å². The van der Waals surface area contributed by atoms with Gasteiger partial charge in [0.25, 0.3) is 0 Å². The van der Waals surface area contributed by atoms with Crippen molar-refractivity contribution in [3.63, 3.8) is 0 Å². The molecule has 0 unspecified atom stereocenters. The lowest BCUT2D eigenvalue weighted by Gasteiger charge is -2.15. The number of fused-ring (bicyclic) bond motifs is 1. The van der Waals surface area contributed by atoms with Crippen molar-refractivity contribution in [2.45, 2.75) is 6.42 Å². The summed E-state index contributed by atoms with van der Waals surface area (Å²) in [4.78, 5) is 16.7. The number of carbonyl (C=O) groups is 1. The van der Waals surface area contributed by atoms with Gasteiger partial charge in [-0.05, 0) is 36.2 Å². The van der Waals surface area contributed by atoms with Crippen LogP contribution in [0, 0.1) is 0 Å². The van der Waals surface area contributed by atoms with Gasteiger partial charge < -0.3 is 0 Å². The number of benzene rings is 2. The Morgan fingerprint density at radius 3 is 2.71 bits per heavy atom. The molecule has 0 amide bonds. The van der Waals surface area contributed by atoms with Crippen LogP contribution >= 0.6 is 23.4 Å². The number of rotatable bonds is 3. The molecule has 0 spiro atoms. The topological polar surface area (TPSA) is 29.4 Å². The number of nitrogens with zero attached hydrogens (tertiary/aromatic N) is 1. The fraction of sp³-hybridized carbons (Fsp3) is 0.176. The second-order valence-corrected chi connectivity index (χ2v) is 6.21. The van der Waals surface area contributed by atoms with E-state index in [9.17, 15) is 4.79 Å². The highest BCUT2D eigenvalue weighted by Gasteiger charge is 2.15. The smallest absolute Gasteiger partial charge is 0.173 e. The lowest BCUT2D eigenvalue weighted by Crippen LogP contribution is -2.12. The summed E-state index contributed by atoms with van der Waals surface area (Å²) < 4.78 is 0. The highest BCUT2D eigenvalue weighted by Crippen LogP contribution is 2.23. The van der Waals surface area contributed by atoms with Gasteiger partial charge in [0.05, 0.1) is 10.8 Å². The minimum atomic E-state index is 0.0995. The van der Waals surface area contributed by atoms with Crippen molar-refractivity contribution in [1.29, 1.82) is 0 Å². The molecule has 1 aliphatic heterocycles. The fourth-order valence-electron chi connectivity index (χ4n) is 2.29. The summed E-state index contributed by atoms with van der Waals surface area (Å²) in [5.41, 5.74) is 3.17. The molecule has 0 atom stereocenters. The molecular formula is C17H14ClNOS. The molecule has 2 aromatic carbocycles. The quantitative estimate of drug-likeness (QED) is 0.792. The van der Waals surface area contributed by atoms with Gasteiger partial charge in [-0.3, -0.25) is 9.79 Å². The summed E-state index contributed by atoms with van der Waals surface area (Å²) in [7, 11) is 0. The zero-order chi connectivity index (χ0) is 14.7. The summed E-state index contributed by atoms with van der Waals surface area (Å²) in [5.74, 6) is 0.497. The second-order valence-electron chi connectivity index (χ2n) is 4.81. The van der Waals surface area contributed by atoms with Gasteiger partial charge in [0, 0.05) is 22.7 Å². The van der Waals surface area contributed by atoms with Crippen LogP contribution in [0.1, 0.15) is 21.5 Å². The summed E-state index contributed by atoms with van der Waals surface area (Å²) in [6, 6.07) is 15.3. The molecule has 0 radical (unpaired) electrons. The number of hydrogen-bond acceptors (Lipinski definition) is 3. The van der Waals surface area contributed by atoms with Gasteiger partial charge in [-0.25, -0.2) is 0 Å². The standard InChI is InChI=1S/C17H14ClNOS/c18-14-7-5-13(6-8-14)16(20)11-21-17-15-4-2-1-3-12(15)9-10-19-17/h1-8H,9-11H2. The van der Waals surface area contributed by atoms with Crippen LogP contribution in [0.25, 0.3) is 0 Å². The van der Waals surface area contributed by atoms with Crippen LogP contribution in [-0.4, -0.2) is 23.1 Å². The van der Waals surface area contributed by atoms with Crippen molar-refractivity contribution >= 4 is 34.2 Å². The number of ketones is 1. The number of Topliss-reactive ketones (excluding diaryl/α,β-unsaturated/α-hetero) is 1. The van der Waals surface area contributed by atoms with E-state index in [2.05, 4.69) is 17.1 Å². The molecule has 0 N–H and O–H groups in total. The van der Waals surface area contributed by atoms with Crippen LogP contribution in [0.15, 0.2) is 53.5 Å². The molecule has 106 valence electrons. The van der Waals surface area contributed by atoms with Crippen molar-refractivity contribution < 1.29 is 4.79 Å². The minimum absolute atomic E-state index is 0.0995. The third kappa shape index (κ3) is 3.36. The number of aliphatic imine (C=N–C) groups is 1. The van der Waals surface area contributed by atoms with Crippen molar-refractivity contribution in [3.8, 4) is 0 Å². The molecule has 0 saturated carbocycles. The van der Waals surface area contributed by atoms with Crippen LogP contribution in [0.5, 0.6) is 0 Å². The first-order valence-corrected chi connectivity index (χ1v) is 8.15. The molecule has 4 heteroatoms. The van der Waals surface area contributed by atoms with E-state index < -0.39 is 0 Å². The minimum Gasteiger partial charge on any atom is -0.293 e. The molecule has 2 aromatic rings. The van der Waals surface area contributed by atoms with E-state index in [1.165, 1.54) is 17.3 Å². The second kappa shape index (κ2) is 6.46. The fourth-order valence-corrected chi connectivity index (χ4v) is 3.38. The maximum Gasteiger partial charge on any atom is 0.173 e. The summed E-state index contributed by atoms with van der Waals surface area (Å²) in [6.07, 6.45) is 0.978. The van der Waals surface area contributed by atoms with E-state index in [1.54, 1.807) is 24.3 Å². The van der Waals surface area contributed by atoms with E-state index in [-0.39, 0.29) is 5.78 Å². The third-order valence-corrected chi connectivity index (χ3v) is 4.67. The molecule has 0 saturated heterocycles. The zero-order valence-electron chi connectivity index (χ0n) is 11.4. The van der Waals surface area contributed by atoms with Gasteiger partial charge in [0.2, 0.25) is 0 Å². The predicted octanol–water partition coefficient (Wildman–Crippen LogP) is 4.26. The molecule has 21 heavy (non-hydrogen) atoms. The molecule has 0 aliphatic carbocycles. The van der Waals surface area contributed by atoms with E-state index >= 15 is 0 Å². The Balaban J connectivity index is 1.69. The van der Waals surface area contributed by atoms with Gasteiger partial charge in [-0.15, -0.1) is 0 Å². The molecule has 3 rings (SSSR count). The lowest BCUT2D eigenvalue weighted by molar-refractivity contribution is 0.102. The third-order valence-electron chi connectivity index (χ3n) is 3.39. The largest absolute Gasteiger partial charge is 0.293 e. The molecular weight excluding hydrogens is 302 g/mol. The molecule has 2 nitrogen and oxygen atoms in total. The first-order valence-electron chi connectivity index (χ1n) is 6.78. The highest BCUT2D eigenvalue weighted by molar-refractivity contribution is 8.15. The summed E-state index contributed by atoms with van der Waals surface area (Å²) in [6.45, 7) is 0.800. The van der Waals surface area contributed by atoms with Crippen molar-refractivity contribution in [1.82, 2.24) is 0 Å². The Hall–Kier alpha value is -1.58. The monoisotopic (exact) mass is 315 g/mol. The highest BCUT2D eigenvalue weighted by atomic mass is 35.5. The average Bonchev–Trinajstić information content (AvgIpc) is 2.53. The van der Waals surface area contributed by atoms with Crippen molar-refractivity contribution in [2.75, 3.05) is 12.3 Å². The van der Waals surface area contributed by atoms with E-state index in [1.807, 2.05) is 12.1 Å². The number of halogens is 1. The van der Waals surface area contributed by atoms with Gasteiger partial charge in [0.1, 0.15) is 0 Å². The van der Waals surface area contributed by atoms with E-state index in [4.69, 9.17) is 11.6 Å². The SMILES string of the molecule is O=C(CSC1=NCCc2ccccc21)c1ccc(Cl)cc1. The normalized spacial score (nSPS) is 13.5. The van der Waals surface area contributed by atoms with Gasteiger partial charge in [-0.1, -0.05) is 47.6 Å². The number of thioether (sulfide) groups is 1. The van der Waals surface area contributed by atoms with Crippen molar-refractivity contribution in [3.05, 3.63) is 70.2 Å². The van der Waals surface area contributed by atoms with E-state index in [0.717, 1.165) is 23.6 Å². The van der Waals surface area contributed by atoms with Crippen LogP contribution in [-0.2, 0) is 6.42 Å². The Morgan fingerprint density at radius 2 is 1.90 bits per heavy atom. The lowest BCUT2D eigenvalue weighted by atomic mass is 10.0. The Kier molecular flexibility index (Phi) is 4.42. The maximum atomic E-state index is 12.2. The van der Waals surface area contributed by atoms with E-state index in [0.29, 0.717) is 16.3 Å². The van der Waals surface area contributed by atoms with Crippen molar-refractivity contribution in [2.24, 2.45) is 4.99 Å². The molecule has 1 heterocycles. The molecule has 1 aliphatic rings. The van der Waals surface area contributed by atoms with Crippen LogP contribution < -0.4 is 0 Å². The maximum absolute atomic E-state index is 12.2. The Morgan fingerprint density at radius 1 is 1.14 bits per heavy atom. The summed E-state index contributed by atoms with van der Waals surface area (Å²) >= 11 is 7.35. The van der Waals surface area contributed by atoms with Crippen LogP contribution in [0.3, 0.4) is 0 Å². The van der Waals surface area contributed by atoms with Crippen LogP contribution in [0.4, 0.5) is 0 Å². The number of carbonyl (C=O) groups excluding carboxylic acids is 1.